The molecule has 23 heavy (non-hydrogen) atoms. The van der Waals surface area contributed by atoms with E-state index in [1.54, 1.807) is 0 Å². The highest BCUT2D eigenvalue weighted by atomic mass is 79.9. The summed E-state index contributed by atoms with van der Waals surface area (Å²) in [6.07, 6.45) is -1.48. The first-order valence-electron chi connectivity index (χ1n) is 7.07. The lowest BCUT2D eigenvalue weighted by atomic mass is 9.97. The molecule has 0 amide bonds. The minimum Gasteiger partial charge on any atom is -0.364 e. The normalized spacial score (nSPS) is 17.2. The van der Waals surface area contributed by atoms with Crippen molar-refractivity contribution in [3.05, 3.63) is 26.9 Å². The van der Waals surface area contributed by atoms with Crippen LogP contribution in [0.25, 0.3) is 0 Å². The molecule has 2 heterocycles. The molecule has 10 heteroatoms. The number of piperidine rings is 1. The Morgan fingerprint density at radius 1 is 1.43 bits per heavy atom. The lowest BCUT2D eigenvalue weighted by Crippen LogP contribution is -2.41. The van der Waals surface area contributed by atoms with Gasteiger partial charge in [-0.2, -0.15) is 13.2 Å². The summed E-state index contributed by atoms with van der Waals surface area (Å²) in [4.78, 5) is 15.8. The molecule has 128 valence electrons. The summed E-state index contributed by atoms with van der Waals surface area (Å²) in [6.45, 7) is 0.325. The van der Waals surface area contributed by atoms with Gasteiger partial charge in [0.05, 0.1) is 11.5 Å². The zero-order chi connectivity index (χ0) is 17.0. The van der Waals surface area contributed by atoms with Crippen LogP contribution in [-0.2, 0) is 0 Å². The number of hydrogen-bond acceptors (Lipinski definition) is 5. The maximum absolute atomic E-state index is 12.3. The number of aromatic nitrogens is 1. The van der Waals surface area contributed by atoms with E-state index in [-0.39, 0.29) is 17.4 Å². The van der Waals surface area contributed by atoms with Gasteiger partial charge in [0.15, 0.2) is 0 Å². The number of nitrogens with one attached hydrogen (secondary N) is 1. The number of nitrogens with zero attached hydrogens (tertiary/aromatic N) is 3. The molecule has 0 atom stereocenters. The quantitative estimate of drug-likeness (QED) is 0.609. The number of halogens is 4. The number of pyridine rings is 1. The van der Waals surface area contributed by atoms with Crippen LogP contribution in [0.2, 0.25) is 0 Å². The van der Waals surface area contributed by atoms with Crippen LogP contribution in [0, 0.1) is 16.0 Å². The van der Waals surface area contributed by atoms with Crippen LogP contribution in [-0.4, -0.2) is 47.2 Å². The number of nitro groups is 1. The maximum Gasteiger partial charge on any atom is 0.401 e. The second kappa shape index (κ2) is 7.43. The monoisotopic (exact) mass is 396 g/mol. The van der Waals surface area contributed by atoms with Crippen molar-refractivity contribution in [2.45, 2.75) is 19.0 Å². The Kier molecular flexibility index (Phi) is 5.79. The van der Waals surface area contributed by atoms with Crippen molar-refractivity contribution in [1.29, 1.82) is 0 Å². The van der Waals surface area contributed by atoms with Crippen molar-refractivity contribution in [1.82, 2.24) is 9.88 Å². The molecule has 0 saturated carbocycles. The van der Waals surface area contributed by atoms with E-state index in [0.29, 0.717) is 36.9 Å². The van der Waals surface area contributed by atoms with Gasteiger partial charge in [0.25, 0.3) is 0 Å². The predicted octanol–water partition coefficient (Wildman–Crippen LogP) is 3.44. The molecule has 0 unspecified atom stereocenters. The summed E-state index contributed by atoms with van der Waals surface area (Å²) in [7, 11) is 0. The molecule has 1 aliphatic rings. The molecule has 1 aromatic rings. The Hall–Kier alpha value is -1.42. The van der Waals surface area contributed by atoms with Crippen LogP contribution in [0.1, 0.15) is 12.8 Å². The van der Waals surface area contributed by atoms with E-state index in [0.717, 1.165) is 0 Å². The van der Waals surface area contributed by atoms with E-state index in [9.17, 15) is 23.3 Å². The van der Waals surface area contributed by atoms with Gasteiger partial charge in [0.2, 0.25) is 5.82 Å². The van der Waals surface area contributed by atoms with E-state index in [2.05, 4.69) is 26.2 Å². The van der Waals surface area contributed by atoms with Gasteiger partial charge in [-0.15, -0.1) is 0 Å². The van der Waals surface area contributed by atoms with E-state index in [1.807, 2.05) is 0 Å². The zero-order valence-corrected chi connectivity index (χ0v) is 13.7. The van der Waals surface area contributed by atoms with Gasteiger partial charge in [-0.25, -0.2) is 4.98 Å². The summed E-state index contributed by atoms with van der Waals surface area (Å²) in [5.74, 6) is 0.348. The molecule has 1 N–H and O–H groups in total. The van der Waals surface area contributed by atoms with Gasteiger partial charge in [0.1, 0.15) is 0 Å². The third-order valence-corrected chi connectivity index (χ3v) is 4.13. The first-order chi connectivity index (χ1) is 10.7. The van der Waals surface area contributed by atoms with Crippen LogP contribution in [0.5, 0.6) is 0 Å². The fourth-order valence-electron chi connectivity index (χ4n) is 2.55. The van der Waals surface area contributed by atoms with Crippen LogP contribution in [0.4, 0.5) is 24.7 Å². The van der Waals surface area contributed by atoms with E-state index < -0.39 is 17.6 Å². The van der Waals surface area contributed by atoms with Gasteiger partial charge >= 0.3 is 11.9 Å². The molecule has 1 aliphatic heterocycles. The first kappa shape index (κ1) is 17.9. The molecule has 2 rings (SSSR count). The summed E-state index contributed by atoms with van der Waals surface area (Å²) in [5.41, 5.74) is -0.131. The largest absolute Gasteiger partial charge is 0.401 e. The Morgan fingerprint density at radius 3 is 2.65 bits per heavy atom. The van der Waals surface area contributed by atoms with Crippen LogP contribution in [0.15, 0.2) is 16.7 Å². The smallest absolute Gasteiger partial charge is 0.364 e. The number of rotatable bonds is 5. The average Bonchev–Trinajstić information content (AvgIpc) is 2.45. The molecular weight excluding hydrogens is 381 g/mol. The highest BCUT2D eigenvalue weighted by molar-refractivity contribution is 9.10. The van der Waals surface area contributed by atoms with Gasteiger partial charge in [-0.05, 0) is 47.8 Å². The zero-order valence-electron chi connectivity index (χ0n) is 12.1. The topological polar surface area (TPSA) is 71.3 Å². The standard InChI is InChI=1S/C13H16BrF3N4O2/c14-10-5-11(21(22)23)12(19-7-10)18-6-9-1-3-20(4-2-9)8-13(15,16)17/h5,7,9H,1-4,6,8H2,(H,18,19). The minimum atomic E-state index is -4.17. The highest BCUT2D eigenvalue weighted by Gasteiger charge is 2.32. The molecule has 0 bridgehead atoms. The van der Waals surface area contributed by atoms with Crippen molar-refractivity contribution in [3.63, 3.8) is 0 Å². The number of alkyl halides is 3. The Labute approximate surface area is 139 Å². The number of hydrogen-bond donors (Lipinski definition) is 1. The van der Waals surface area contributed by atoms with Crippen LogP contribution < -0.4 is 5.32 Å². The minimum absolute atomic E-state index is 0.131. The third kappa shape index (κ3) is 5.61. The number of likely N-dealkylation sites (tertiary alicyclic amines) is 1. The second-order valence-electron chi connectivity index (χ2n) is 5.49. The van der Waals surface area contributed by atoms with Crippen LogP contribution >= 0.6 is 15.9 Å². The first-order valence-corrected chi connectivity index (χ1v) is 7.87. The van der Waals surface area contributed by atoms with Gasteiger partial charge in [0, 0.05) is 23.3 Å². The summed E-state index contributed by atoms with van der Waals surface area (Å²) in [6, 6.07) is 1.36. The third-order valence-electron chi connectivity index (χ3n) is 3.70. The van der Waals surface area contributed by atoms with Crippen molar-refractivity contribution in [3.8, 4) is 0 Å². The average molecular weight is 397 g/mol. The highest BCUT2D eigenvalue weighted by Crippen LogP contribution is 2.27. The van der Waals surface area contributed by atoms with Crippen molar-refractivity contribution in [2.24, 2.45) is 5.92 Å². The fraction of sp³-hybridized carbons (Fsp3) is 0.615. The fourth-order valence-corrected chi connectivity index (χ4v) is 2.87. The van der Waals surface area contributed by atoms with E-state index >= 15 is 0 Å². The molecule has 6 nitrogen and oxygen atoms in total. The molecule has 1 saturated heterocycles. The van der Waals surface area contributed by atoms with Crippen molar-refractivity contribution < 1.29 is 18.1 Å². The molecule has 0 spiro atoms. The molecule has 0 radical (unpaired) electrons. The second-order valence-corrected chi connectivity index (χ2v) is 6.41. The lowest BCUT2D eigenvalue weighted by molar-refractivity contribution is -0.384. The molecular formula is C13H16BrF3N4O2. The van der Waals surface area contributed by atoms with Gasteiger partial charge in [-0.3, -0.25) is 15.0 Å². The summed E-state index contributed by atoms with van der Waals surface area (Å²) < 4.78 is 37.5. The number of anilines is 1. The Morgan fingerprint density at radius 2 is 2.09 bits per heavy atom. The SMILES string of the molecule is O=[N+]([O-])c1cc(Br)cnc1NCC1CCN(CC(F)(F)F)CC1. The summed E-state index contributed by atoms with van der Waals surface area (Å²) in [5, 5.41) is 13.9. The van der Waals surface area contributed by atoms with E-state index in [1.165, 1.54) is 17.2 Å². The van der Waals surface area contributed by atoms with Crippen LogP contribution in [0.3, 0.4) is 0 Å². The molecule has 0 aliphatic carbocycles. The van der Waals surface area contributed by atoms with Gasteiger partial charge in [-0.1, -0.05) is 0 Å². The Bertz CT molecular complexity index is 563. The lowest BCUT2D eigenvalue weighted by Gasteiger charge is -2.32. The molecule has 1 aromatic heterocycles. The van der Waals surface area contributed by atoms with E-state index in [4.69, 9.17) is 0 Å². The van der Waals surface area contributed by atoms with Crippen molar-refractivity contribution in [2.75, 3.05) is 31.5 Å². The predicted molar refractivity (Wildman–Crippen MR) is 82.3 cm³/mol. The molecule has 0 aromatic carbocycles. The maximum atomic E-state index is 12.3. The Balaban J connectivity index is 1.85. The van der Waals surface area contributed by atoms with Crippen molar-refractivity contribution >= 4 is 27.4 Å². The molecule has 1 fully saturated rings. The summed E-state index contributed by atoms with van der Waals surface area (Å²) >= 11 is 3.13. The van der Waals surface area contributed by atoms with Gasteiger partial charge < -0.3 is 5.32 Å².